The molecule has 0 aliphatic heterocycles. The molecule has 29 heavy (non-hydrogen) atoms. The maximum absolute atomic E-state index is 9.58. The number of benzene rings is 1. The number of para-hydroxylation sites is 1. The lowest BCUT2D eigenvalue weighted by Gasteiger charge is -2.22. The van der Waals surface area contributed by atoms with Gasteiger partial charge in [-0.05, 0) is 43.7 Å². The molecule has 2 aromatic heterocycles. The number of hydrogen-bond acceptors (Lipinski definition) is 7. The summed E-state index contributed by atoms with van der Waals surface area (Å²) in [7, 11) is 1.95. The summed E-state index contributed by atoms with van der Waals surface area (Å²) in [6.07, 6.45) is 1.92. The van der Waals surface area contributed by atoms with Crippen LogP contribution in [-0.2, 0) is 0 Å². The highest BCUT2D eigenvalue weighted by molar-refractivity contribution is 7.21. The number of aliphatic hydroxyl groups is 1. The fourth-order valence-corrected chi connectivity index (χ4v) is 5.23. The van der Waals surface area contributed by atoms with Crippen molar-refractivity contribution in [3.05, 3.63) is 29.4 Å². The zero-order valence-electron chi connectivity index (χ0n) is 16.9. The summed E-state index contributed by atoms with van der Waals surface area (Å²) in [5, 5.41) is 14.4. The van der Waals surface area contributed by atoms with Crippen molar-refractivity contribution in [1.29, 1.82) is 0 Å². The van der Waals surface area contributed by atoms with E-state index in [1.165, 1.54) is 0 Å². The number of nitrogens with one attached hydrogen (secondary N) is 1. The van der Waals surface area contributed by atoms with Crippen molar-refractivity contribution in [2.45, 2.75) is 32.7 Å². The van der Waals surface area contributed by atoms with Crippen LogP contribution in [0.3, 0.4) is 0 Å². The van der Waals surface area contributed by atoms with Gasteiger partial charge in [0.05, 0.1) is 15.8 Å². The number of anilines is 2. The molecular formula is C21H26ClN5OS. The molecule has 3 atom stereocenters. The van der Waals surface area contributed by atoms with Crippen LogP contribution < -0.4 is 10.2 Å². The molecule has 1 aliphatic carbocycles. The minimum Gasteiger partial charge on any atom is -0.396 e. The molecule has 0 amide bonds. The average Bonchev–Trinajstić information content (AvgIpc) is 3.30. The smallest absolute Gasteiger partial charge is 0.228 e. The zero-order valence-corrected chi connectivity index (χ0v) is 18.5. The van der Waals surface area contributed by atoms with Gasteiger partial charge < -0.3 is 15.3 Å². The molecule has 6 nitrogen and oxygen atoms in total. The van der Waals surface area contributed by atoms with Gasteiger partial charge in [-0.2, -0.15) is 4.98 Å². The number of nitrogens with zero attached hydrogens (tertiary/aromatic N) is 4. The number of thiazole rings is 1. The Morgan fingerprint density at radius 3 is 2.72 bits per heavy atom. The lowest BCUT2D eigenvalue weighted by Crippen LogP contribution is -2.25. The third-order valence-corrected chi connectivity index (χ3v) is 7.06. The number of hydrogen-bond donors (Lipinski definition) is 2. The number of rotatable bonds is 6. The van der Waals surface area contributed by atoms with Gasteiger partial charge in [0.2, 0.25) is 5.95 Å². The predicted molar refractivity (Wildman–Crippen MR) is 121 cm³/mol. The molecule has 1 fully saturated rings. The Morgan fingerprint density at radius 2 is 2.03 bits per heavy atom. The number of fused-ring (bicyclic) bond motifs is 1. The van der Waals surface area contributed by atoms with E-state index in [9.17, 15) is 5.11 Å². The Hall–Kier alpha value is -1.96. The third kappa shape index (κ3) is 4.04. The van der Waals surface area contributed by atoms with Crippen LogP contribution in [0.15, 0.2) is 24.3 Å². The first-order valence-corrected chi connectivity index (χ1v) is 11.2. The molecule has 0 bridgehead atoms. The molecule has 154 valence electrons. The molecule has 3 unspecified atom stereocenters. The Bertz CT molecular complexity index is 977. The quantitative estimate of drug-likeness (QED) is 0.552. The summed E-state index contributed by atoms with van der Waals surface area (Å²) in [5.41, 5.74) is 1.69. The van der Waals surface area contributed by atoms with Gasteiger partial charge in [0.15, 0.2) is 0 Å². The molecule has 8 heteroatoms. The van der Waals surface area contributed by atoms with Crippen LogP contribution in [0, 0.1) is 11.8 Å². The van der Waals surface area contributed by atoms with Crippen molar-refractivity contribution in [2.75, 3.05) is 30.4 Å². The normalized spacial score (nSPS) is 21.6. The topological polar surface area (TPSA) is 74.2 Å². The molecule has 1 aliphatic rings. The van der Waals surface area contributed by atoms with Crippen molar-refractivity contribution in [3.8, 4) is 10.6 Å². The van der Waals surface area contributed by atoms with Crippen LogP contribution in [0.4, 0.5) is 11.8 Å². The molecule has 2 heterocycles. The lowest BCUT2D eigenvalue weighted by atomic mass is 10.1. The second-order valence-electron chi connectivity index (χ2n) is 7.79. The van der Waals surface area contributed by atoms with E-state index >= 15 is 0 Å². The summed E-state index contributed by atoms with van der Waals surface area (Å²) >= 11 is 8.28. The summed E-state index contributed by atoms with van der Waals surface area (Å²) in [4.78, 5) is 16.1. The molecule has 0 saturated heterocycles. The van der Waals surface area contributed by atoms with Crippen LogP contribution >= 0.6 is 22.9 Å². The van der Waals surface area contributed by atoms with Crippen LogP contribution in [0.5, 0.6) is 0 Å². The first kappa shape index (κ1) is 20.3. The van der Waals surface area contributed by atoms with Gasteiger partial charge in [-0.3, -0.25) is 0 Å². The van der Waals surface area contributed by atoms with Crippen LogP contribution in [0.2, 0.25) is 5.15 Å². The van der Waals surface area contributed by atoms with Gasteiger partial charge in [0.25, 0.3) is 0 Å². The first-order valence-electron chi connectivity index (χ1n) is 10.0. The van der Waals surface area contributed by atoms with Crippen LogP contribution in [-0.4, -0.2) is 46.3 Å². The lowest BCUT2D eigenvalue weighted by molar-refractivity contribution is 0.226. The maximum Gasteiger partial charge on any atom is 0.228 e. The summed E-state index contributed by atoms with van der Waals surface area (Å²) in [6, 6.07) is 8.28. The molecule has 4 rings (SSSR count). The standard InChI is InChI=1S/C21H26ClN5OS/c1-4-27(3)21-25-18(22)17(20-24-14-7-5-6-8-16(14)29-20)19(26-21)23-15-10-13(11-28)9-12(15)2/h5-8,12-13,15,28H,4,9-11H2,1-3H3,(H,23,25,26). The van der Waals surface area contributed by atoms with Gasteiger partial charge in [0.1, 0.15) is 16.0 Å². The monoisotopic (exact) mass is 431 g/mol. The minimum absolute atomic E-state index is 0.224. The molecule has 2 N–H and O–H groups in total. The molecule has 0 spiro atoms. The number of halogens is 1. The summed E-state index contributed by atoms with van der Waals surface area (Å²) < 4.78 is 1.11. The molecule has 3 aromatic rings. The van der Waals surface area contributed by atoms with Crippen molar-refractivity contribution in [2.24, 2.45) is 11.8 Å². The molecular weight excluding hydrogens is 406 g/mol. The highest BCUT2D eigenvalue weighted by Crippen LogP contribution is 2.40. The fourth-order valence-electron chi connectivity index (χ4n) is 3.91. The third-order valence-electron chi connectivity index (χ3n) is 5.74. The Balaban J connectivity index is 1.79. The Kier molecular flexibility index (Phi) is 5.90. The van der Waals surface area contributed by atoms with Gasteiger partial charge >= 0.3 is 0 Å². The van der Waals surface area contributed by atoms with E-state index in [1.54, 1.807) is 11.3 Å². The second kappa shape index (κ2) is 8.42. The second-order valence-corrected chi connectivity index (χ2v) is 9.18. The SMILES string of the molecule is CCN(C)c1nc(Cl)c(-c2nc3ccccc3s2)c(NC2CC(CO)CC2C)n1. The highest BCUT2D eigenvalue weighted by Gasteiger charge is 2.32. The summed E-state index contributed by atoms with van der Waals surface area (Å²) in [5.74, 6) is 2.07. The molecule has 0 radical (unpaired) electrons. The van der Waals surface area contributed by atoms with E-state index < -0.39 is 0 Å². The molecule has 1 saturated carbocycles. The van der Waals surface area contributed by atoms with Crippen LogP contribution in [0.25, 0.3) is 20.8 Å². The van der Waals surface area contributed by atoms with Crippen LogP contribution in [0.1, 0.15) is 26.7 Å². The first-order chi connectivity index (χ1) is 14.0. The number of aromatic nitrogens is 3. The van der Waals surface area contributed by atoms with Crippen molar-refractivity contribution in [3.63, 3.8) is 0 Å². The van der Waals surface area contributed by atoms with Crippen molar-refractivity contribution < 1.29 is 5.11 Å². The van der Waals surface area contributed by atoms with Gasteiger partial charge in [-0.1, -0.05) is 30.7 Å². The Labute approximate surface area is 180 Å². The van der Waals surface area contributed by atoms with E-state index in [-0.39, 0.29) is 12.6 Å². The zero-order chi connectivity index (χ0) is 20.5. The van der Waals surface area contributed by atoms with Crippen molar-refractivity contribution >= 4 is 44.9 Å². The van der Waals surface area contributed by atoms with Gasteiger partial charge in [-0.15, -0.1) is 11.3 Å². The van der Waals surface area contributed by atoms with Crippen molar-refractivity contribution in [1.82, 2.24) is 15.0 Å². The largest absolute Gasteiger partial charge is 0.396 e. The van der Waals surface area contributed by atoms with Gasteiger partial charge in [0, 0.05) is 26.2 Å². The minimum atomic E-state index is 0.224. The van der Waals surface area contributed by atoms with E-state index in [1.807, 2.05) is 30.1 Å². The number of aliphatic hydroxyl groups excluding tert-OH is 1. The van der Waals surface area contributed by atoms with E-state index in [0.29, 0.717) is 22.9 Å². The Morgan fingerprint density at radius 1 is 1.24 bits per heavy atom. The maximum atomic E-state index is 9.58. The summed E-state index contributed by atoms with van der Waals surface area (Å²) in [6.45, 7) is 5.27. The predicted octanol–water partition coefficient (Wildman–Crippen LogP) is 4.68. The van der Waals surface area contributed by atoms with E-state index in [0.717, 1.165) is 46.0 Å². The average molecular weight is 432 g/mol. The highest BCUT2D eigenvalue weighted by atomic mass is 35.5. The van der Waals surface area contributed by atoms with E-state index in [4.69, 9.17) is 21.6 Å². The van der Waals surface area contributed by atoms with Gasteiger partial charge in [-0.25, -0.2) is 9.97 Å². The molecule has 1 aromatic carbocycles. The van der Waals surface area contributed by atoms with E-state index in [2.05, 4.69) is 30.2 Å². The fraction of sp³-hybridized carbons (Fsp3) is 0.476.